The number of unbranched alkanes of at least 4 members (excludes halogenated alkanes) is 11. The van der Waals surface area contributed by atoms with E-state index < -0.39 is 44.7 Å². The second-order valence-corrected chi connectivity index (χ2v) is 13.5. The number of hydrogen-bond donors (Lipinski definition) is 4. The summed E-state index contributed by atoms with van der Waals surface area (Å²) in [7, 11) is -4.80. The van der Waals surface area contributed by atoms with E-state index in [1.165, 1.54) is 44.9 Å². The lowest BCUT2D eigenvalue weighted by Crippen LogP contribution is -2.29. The van der Waals surface area contributed by atoms with Gasteiger partial charge in [0.2, 0.25) is 0 Å². The van der Waals surface area contributed by atoms with E-state index >= 15 is 0 Å². The van der Waals surface area contributed by atoms with Crippen molar-refractivity contribution in [1.29, 1.82) is 0 Å². The Morgan fingerprint density at radius 2 is 1.26 bits per heavy atom. The third kappa shape index (κ3) is 35.2. The summed E-state index contributed by atoms with van der Waals surface area (Å²) in [5, 5.41) is 19.9. The van der Waals surface area contributed by atoms with E-state index in [9.17, 15) is 24.4 Å². The molecule has 0 aromatic rings. The Morgan fingerprint density at radius 1 is 0.660 bits per heavy atom. The molecule has 0 aromatic heterocycles. The standard InChI is InChI=1S/C39H65O10P/c1-3-5-7-8-9-10-11-12-16-19-25-32-39(43)49-37(34-48-50(44,45)46)33-47-38(42)31-26-20-24-30-36(41)29-23-18-15-13-14-17-22-28-35(40)27-21-6-4-2/h6,14-15,17-18,21-24,28-30,35-37,40-41H,3-5,7-13,16,19-20,25-27,31-34H2,1-2H3,(H2,44,45,46)/b17-14-,18-15-,21-6-,28-22+,29-23+,30-24-/t35-,36-,37-/m1/s1. The van der Waals surface area contributed by atoms with Gasteiger partial charge in [-0.3, -0.25) is 14.1 Å². The van der Waals surface area contributed by atoms with E-state index in [4.69, 9.17) is 19.3 Å². The smallest absolute Gasteiger partial charge is 0.462 e. The van der Waals surface area contributed by atoms with Crippen LogP contribution in [0.1, 0.15) is 129 Å². The summed E-state index contributed by atoms with van der Waals surface area (Å²) in [6.45, 7) is 3.29. The molecule has 11 heteroatoms. The fourth-order valence-electron chi connectivity index (χ4n) is 4.64. The number of phosphoric acid groups is 1. The molecule has 4 N–H and O–H groups in total. The molecule has 0 aliphatic heterocycles. The number of phosphoric ester groups is 1. The van der Waals surface area contributed by atoms with Gasteiger partial charge in [0.15, 0.2) is 6.10 Å². The van der Waals surface area contributed by atoms with Gasteiger partial charge in [0.25, 0.3) is 0 Å². The van der Waals surface area contributed by atoms with Gasteiger partial charge < -0.3 is 29.5 Å². The van der Waals surface area contributed by atoms with Gasteiger partial charge in [0.1, 0.15) is 6.61 Å². The molecule has 0 radical (unpaired) electrons. The topological polar surface area (TPSA) is 160 Å². The molecule has 0 aliphatic rings. The van der Waals surface area contributed by atoms with E-state index in [1.54, 1.807) is 30.4 Å². The Balaban J connectivity index is 4.27. The van der Waals surface area contributed by atoms with Crippen LogP contribution in [-0.4, -0.2) is 63.5 Å². The van der Waals surface area contributed by atoms with Crippen molar-refractivity contribution in [3.05, 3.63) is 72.9 Å². The summed E-state index contributed by atoms with van der Waals surface area (Å²) in [4.78, 5) is 42.6. The molecule has 10 nitrogen and oxygen atoms in total. The van der Waals surface area contributed by atoms with Crippen molar-refractivity contribution >= 4 is 19.8 Å². The summed E-state index contributed by atoms with van der Waals surface area (Å²) >= 11 is 0. The van der Waals surface area contributed by atoms with Crippen LogP contribution >= 0.6 is 7.82 Å². The summed E-state index contributed by atoms with van der Waals surface area (Å²) in [6.07, 6.45) is 35.6. The van der Waals surface area contributed by atoms with Crippen LogP contribution in [0.3, 0.4) is 0 Å². The van der Waals surface area contributed by atoms with E-state index in [-0.39, 0.29) is 19.4 Å². The molecule has 286 valence electrons. The van der Waals surface area contributed by atoms with E-state index in [2.05, 4.69) is 18.4 Å². The number of hydrogen-bond acceptors (Lipinski definition) is 8. The molecule has 0 saturated carbocycles. The zero-order chi connectivity index (χ0) is 37.1. The lowest BCUT2D eigenvalue weighted by Gasteiger charge is -2.18. The van der Waals surface area contributed by atoms with Gasteiger partial charge in [-0.15, -0.1) is 0 Å². The summed E-state index contributed by atoms with van der Waals surface area (Å²) in [5.74, 6) is -1.08. The molecule has 0 aliphatic carbocycles. The number of ether oxygens (including phenoxy) is 2. The van der Waals surface area contributed by atoms with Crippen LogP contribution in [0.25, 0.3) is 0 Å². The first-order valence-electron chi connectivity index (χ1n) is 18.5. The van der Waals surface area contributed by atoms with Gasteiger partial charge >= 0.3 is 19.8 Å². The molecule has 3 atom stereocenters. The zero-order valence-electron chi connectivity index (χ0n) is 30.5. The van der Waals surface area contributed by atoms with Crippen LogP contribution in [-0.2, 0) is 28.2 Å². The summed E-state index contributed by atoms with van der Waals surface area (Å²) in [5.41, 5.74) is 0. The maximum absolute atomic E-state index is 12.3. The molecule has 0 rings (SSSR count). The van der Waals surface area contributed by atoms with E-state index in [0.717, 1.165) is 25.7 Å². The largest absolute Gasteiger partial charge is 0.469 e. The average molecular weight is 725 g/mol. The minimum atomic E-state index is -4.80. The van der Waals surface area contributed by atoms with Crippen molar-refractivity contribution in [3.63, 3.8) is 0 Å². The van der Waals surface area contributed by atoms with E-state index in [0.29, 0.717) is 32.1 Å². The highest BCUT2D eigenvalue weighted by Gasteiger charge is 2.22. The van der Waals surface area contributed by atoms with Gasteiger partial charge in [-0.25, -0.2) is 4.57 Å². The van der Waals surface area contributed by atoms with Crippen molar-refractivity contribution < 1.29 is 48.2 Å². The Morgan fingerprint density at radius 3 is 1.88 bits per heavy atom. The van der Waals surface area contributed by atoms with Crippen molar-refractivity contribution in [2.45, 2.75) is 148 Å². The number of rotatable bonds is 32. The second kappa shape index (κ2) is 33.5. The second-order valence-electron chi connectivity index (χ2n) is 12.2. The third-order valence-corrected chi connectivity index (χ3v) is 7.90. The third-order valence-electron chi connectivity index (χ3n) is 7.41. The predicted octanol–water partition coefficient (Wildman–Crippen LogP) is 8.67. The maximum Gasteiger partial charge on any atom is 0.469 e. The van der Waals surface area contributed by atoms with Gasteiger partial charge in [-0.05, 0) is 38.5 Å². The first-order chi connectivity index (χ1) is 24.1. The minimum absolute atomic E-state index is 0.0787. The molecule has 0 amide bonds. The van der Waals surface area contributed by atoms with Crippen molar-refractivity contribution in [2.75, 3.05) is 13.2 Å². The monoisotopic (exact) mass is 724 g/mol. The molecular formula is C39H65O10P. The first-order valence-corrected chi connectivity index (χ1v) is 20.0. The molecule has 0 fully saturated rings. The Bertz CT molecular complexity index is 1070. The minimum Gasteiger partial charge on any atom is -0.462 e. The van der Waals surface area contributed by atoms with Crippen molar-refractivity contribution in [2.24, 2.45) is 0 Å². The Hall–Kier alpha value is -2.59. The predicted molar refractivity (Wildman–Crippen MR) is 200 cm³/mol. The van der Waals surface area contributed by atoms with E-state index in [1.807, 2.05) is 42.5 Å². The highest BCUT2D eigenvalue weighted by Crippen LogP contribution is 2.36. The van der Waals surface area contributed by atoms with Crippen LogP contribution in [0.2, 0.25) is 0 Å². The molecule has 0 aromatic carbocycles. The normalized spacial score (nSPS) is 14.6. The quantitative estimate of drug-likeness (QED) is 0.0174. The lowest BCUT2D eigenvalue weighted by atomic mass is 10.1. The molecule has 0 heterocycles. The van der Waals surface area contributed by atoms with Crippen molar-refractivity contribution in [1.82, 2.24) is 0 Å². The molecule has 0 unspecified atom stereocenters. The number of allylic oxidation sites excluding steroid dienone is 8. The highest BCUT2D eigenvalue weighted by molar-refractivity contribution is 7.46. The summed E-state index contributed by atoms with van der Waals surface area (Å²) in [6, 6.07) is 0. The fourth-order valence-corrected chi connectivity index (χ4v) is 5.00. The van der Waals surface area contributed by atoms with Crippen LogP contribution < -0.4 is 0 Å². The van der Waals surface area contributed by atoms with Gasteiger partial charge in [-0.1, -0.05) is 151 Å². The van der Waals surface area contributed by atoms with Crippen LogP contribution in [0.4, 0.5) is 0 Å². The number of carbonyl (C=O) groups is 2. The van der Waals surface area contributed by atoms with Crippen LogP contribution in [0.15, 0.2) is 72.9 Å². The summed E-state index contributed by atoms with van der Waals surface area (Å²) < 4.78 is 26.1. The zero-order valence-corrected chi connectivity index (χ0v) is 31.4. The maximum atomic E-state index is 12.3. The SMILES string of the molecule is CC/C=C\C[C@@H](O)/C=C/C=C\C/C=C\C=C\[C@@H](O)/C=C\CCCC(=O)OC[C@H](COP(=O)(O)O)OC(=O)CCCCCCCCCCCCC. The fraction of sp³-hybridized carbons (Fsp3) is 0.641. The Labute approximate surface area is 301 Å². The number of carbonyl (C=O) groups excluding carboxylic acids is 2. The van der Waals surface area contributed by atoms with Gasteiger partial charge in [-0.2, -0.15) is 0 Å². The lowest BCUT2D eigenvalue weighted by molar-refractivity contribution is -0.161. The van der Waals surface area contributed by atoms with Crippen LogP contribution in [0.5, 0.6) is 0 Å². The Kier molecular flexibility index (Phi) is 31.8. The highest BCUT2D eigenvalue weighted by atomic mass is 31.2. The molecule has 0 bridgehead atoms. The number of esters is 2. The molecule has 0 spiro atoms. The van der Waals surface area contributed by atoms with Gasteiger partial charge in [0.05, 0.1) is 18.8 Å². The molecular weight excluding hydrogens is 659 g/mol. The van der Waals surface area contributed by atoms with Gasteiger partial charge in [0, 0.05) is 12.8 Å². The average Bonchev–Trinajstić information content (AvgIpc) is 3.07. The first kappa shape index (κ1) is 47.4. The molecule has 0 saturated heterocycles. The number of aliphatic hydroxyl groups is 2. The van der Waals surface area contributed by atoms with Crippen LogP contribution in [0, 0.1) is 0 Å². The molecule has 50 heavy (non-hydrogen) atoms. The number of aliphatic hydroxyl groups excluding tert-OH is 2. The van der Waals surface area contributed by atoms with Crippen molar-refractivity contribution in [3.8, 4) is 0 Å².